The van der Waals surface area contributed by atoms with Crippen LogP contribution in [0.1, 0.15) is 200 Å². The monoisotopic (exact) mass is 887 g/mol. The molecule has 0 aromatic heterocycles. The minimum absolute atomic E-state index is 0.148. The Kier molecular flexibility index (Phi) is 35.8. The smallest absolute Gasteiger partial charge is 0.306 e. The van der Waals surface area contributed by atoms with Gasteiger partial charge in [0.1, 0.15) is 36.8 Å². The van der Waals surface area contributed by atoms with Crippen LogP contribution in [-0.2, 0) is 38.7 Å². The first-order valence-corrected chi connectivity index (χ1v) is 25.7. The molecule has 1 saturated heterocycles. The van der Waals surface area contributed by atoms with Gasteiger partial charge in [0.2, 0.25) is 0 Å². The molecule has 0 radical (unpaired) electrons. The molecule has 13 heteroatoms. The Morgan fingerprint density at radius 2 is 1.00 bits per heavy atom. The van der Waals surface area contributed by atoms with Crippen molar-refractivity contribution in [2.45, 2.75) is 237 Å². The highest BCUT2D eigenvalue weighted by Gasteiger charge is 2.46. The fourth-order valence-electron chi connectivity index (χ4n) is 7.16. The molecule has 0 aromatic carbocycles. The maximum atomic E-state index is 12.8. The highest BCUT2D eigenvalue weighted by atomic mass is 32.2. The third kappa shape index (κ3) is 33.1. The number of aliphatic hydroxyl groups is 3. The number of allylic oxidation sites excluding steroid dienone is 6. The van der Waals surface area contributed by atoms with Crippen molar-refractivity contribution >= 4 is 22.1 Å². The first-order chi connectivity index (χ1) is 29.5. The number of carbonyl (C=O) groups excluding carboxylic acids is 2. The molecule has 1 rings (SSSR count). The Labute approximate surface area is 370 Å². The Bertz CT molecular complexity index is 1270. The number of rotatable bonds is 40. The van der Waals surface area contributed by atoms with Crippen molar-refractivity contribution < 1.29 is 56.8 Å². The zero-order valence-electron chi connectivity index (χ0n) is 38.0. The van der Waals surface area contributed by atoms with Gasteiger partial charge in [-0.05, 0) is 64.2 Å². The molecule has 0 saturated carbocycles. The van der Waals surface area contributed by atoms with Gasteiger partial charge < -0.3 is 34.3 Å². The van der Waals surface area contributed by atoms with Crippen molar-refractivity contribution in [2.24, 2.45) is 0 Å². The molecule has 0 amide bonds. The molecule has 0 spiro atoms. The van der Waals surface area contributed by atoms with Crippen LogP contribution >= 0.6 is 0 Å². The summed E-state index contributed by atoms with van der Waals surface area (Å²) in [6.07, 6.45) is 34.7. The van der Waals surface area contributed by atoms with E-state index in [1.54, 1.807) is 0 Å². The lowest BCUT2D eigenvalue weighted by Crippen LogP contribution is -2.60. The Morgan fingerprint density at radius 3 is 1.51 bits per heavy atom. The van der Waals surface area contributed by atoms with E-state index < -0.39 is 71.2 Å². The number of aliphatic hydroxyl groups excluding tert-OH is 3. The first kappa shape index (κ1) is 56.9. The molecule has 2 unspecified atom stereocenters. The molecule has 1 fully saturated rings. The molecule has 0 bridgehead atoms. The molecular formula is C48H86O12S. The van der Waals surface area contributed by atoms with E-state index in [2.05, 4.69) is 50.3 Å². The highest BCUT2D eigenvalue weighted by molar-refractivity contribution is 7.85. The molecule has 6 atom stereocenters. The van der Waals surface area contributed by atoms with E-state index in [0.29, 0.717) is 12.8 Å². The topological polar surface area (TPSA) is 186 Å². The summed E-state index contributed by atoms with van der Waals surface area (Å²) in [5, 5.41) is 30.9. The van der Waals surface area contributed by atoms with Crippen molar-refractivity contribution in [2.75, 3.05) is 19.0 Å². The predicted molar refractivity (Wildman–Crippen MR) is 243 cm³/mol. The van der Waals surface area contributed by atoms with Gasteiger partial charge in [0, 0.05) is 12.8 Å². The molecule has 0 aliphatic carbocycles. The van der Waals surface area contributed by atoms with Crippen LogP contribution in [0.15, 0.2) is 36.5 Å². The van der Waals surface area contributed by atoms with Crippen molar-refractivity contribution in [1.82, 2.24) is 0 Å². The van der Waals surface area contributed by atoms with Gasteiger partial charge in [0.05, 0.1) is 6.61 Å². The van der Waals surface area contributed by atoms with Crippen LogP contribution in [0.25, 0.3) is 0 Å². The summed E-state index contributed by atoms with van der Waals surface area (Å²) in [6, 6.07) is 0. The number of unbranched alkanes of at least 4 members (excludes halogenated alkanes) is 22. The highest BCUT2D eigenvalue weighted by Crippen LogP contribution is 2.24. The van der Waals surface area contributed by atoms with Gasteiger partial charge in [-0.1, -0.05) is 159 Å². The van der Waals surface area contributed by atoms with E-state index in [4.69, 9.17) is 18.9 Å². The van der Waals surface area contributed by atoms with Crippen molar-refractivity contribution in [3.8, 4) is 0 Å². The number of ether oxygens (including phenoxy) is 4. The van der Waals surface area contributed by atoms with Gasteiger partial charge in [-0.25, -0.2) is 0 Å². The van der Waals surface area contributed by atoms with E-state index in [0.717, 1.165) is 64.2 Å². The van der Waals surface area contributed by atoms with E-state index in [1.165, 1.54) is 96.3 Å². The van der Waals surface area contributed by atoms with Gasteiger partial charge in [-0.3, -0.25) is 14.1 Å². The maximum Gasteiger partial charge on any atom is 0.306 e. The van der Waals surface area contributed by atoms with Crippen LogP contribution in [0, 0.1) is 0 Å². The van der Waals surface area contributed by atoms with Crippen LogP contribution in [-0.4, -0.2) is 96.0 Å². The molecule has 1 aliphatic rings. The normalized spacial score (nSPS) is 20.3. The summed E-state index contributed by atoms with van der Waals surface area (Å²) in [6.45, 7) is 3.71. The molecule has 1 heterocycles. The fraction of sp³-hybridized carbons (Fsp3) is 0.833. The molecular weight excluding hydrogens is 801 g/mol. The molecule has 0 aromatic rings. The lowest BCUT2D eigenvalue weighted by molar-refractivity contribution is -0.297. The summed E-state index contributed by atoms with van der Waals surface area (Å²) in [5.41, 5.74) is 0. The summed E-state index contributed by atoms with van der Waals surface area (Å²) >= 11 is 0. The van der Waals surface area contributed by atoms with Crippen molar-refractivity contribution in [3.63, 3.8) is 0 Å². The number of carbonyl (C=O) groups is 2. The standard InChI is InChI=1S/C48H86O12S/c1-3-5-7-9-11-13-15-17-19-20-21-22-23-25-26-28-30-32-34-36-43(49)57-38-41(39-58-48-47(53)46(52)45(51)42(60-48)40-61(54,55)56)59-44(50)37-35-33-31-29-27-24-18-16-14-12-10-8-6-4-2/h10,12,16-19,41-42,45-48,51-53H,3-9,11,13-15,20-40H2,1-2H3,(H,54,55,56)/b12-10+,18-16+,19-17+/t41-,42-,45-,46?,47?,48+/m1/s1. The summed E-state index contributed by atoms with van der Waals surface area (Å²) in [5.74, 6) is -2.00. The van der Waals surface area contributed by atoms with Gasteiger partial charge >= 0.3 is 11.9 Å². The Hall–Kier alpha value is -2.13. The Morgan fingerprint density at radius 1 is 0.557 bits per heavy atom. The van der Waals surface area contributed by atoms with E-state index in [-0.39, 0.29) is 19.4 Å². The van der Waals surface area contributed by atoms with Crippen molar-refractivity contribution in [3.05, 3.63) is 36.5 Å². The second-order valence-corrected chi connectivity index (χ2v) is 18.3. The van der Waals surface area contributed by atoms with Crippen LogP contribution in [0.5, 0.6) is 0 Å². The number of hydrogen-bond donors (Lipinski definition) is 4. The van der Waals surface area contributed by atoms with Crippen LogP contribution < -0.4 is 0 Å². The van der Waals surface area contributed by atoms with Crippen LogP contribution in [0.4, 0.5) is 0 Å². The van der Waals surface area contributed by atoms with E-state index >= 15 is 0 Å². The van der Waals surface area contributed by atoms with E-state index in [9.17, 15) is 37.9 Å². The third-order valence-electron chi connectivity index (χ3n) is 10.9. The average Bonchev–Trinajstić information content (AvgIpc) is 3.22. The zero-order valence-corrected chi connectivity index (χ0v) is 38.8. The summed E-state index contributed by atoms with van der Waals surface area (Å²) < 4.78 is 54.1. The summed E-state index contributed by atoms with van der Waals surface area (Å²) in [4.78, 5) is 25.4. The van der Waals surface area contributed by atoms with Crippen molar-refractivity contribution in [1.29, 1.82) is 0 Å². The maximum absolute atomic E-state index is 12.8. The minimum atomic E-state index is -4.60. The zero-order chi connectivity index (χ0) is 44.8. The third-order valence-corrected chi connectivity index (χ3v) is 11.7. The van der Waals surface area contributed by atoms with Gasteiger partial charge in [0.25, 0.3) is 10.1 Å². The molecule has 12 nitrogen and oxygen atoms in total. The quantitative estimate of drug-likeness (QED) is 0.0198. The second kappa shape index (κ2) is 38.3. The Balaban J connectivity index is 2.40. The predicted octanol–water partition coefficient (Wildman–Crippen LogP) is 10.2. The minimum Gasteiger partial charge on any atom is -0.462 e. The van der Waals surface area contributed by atoms with Gasteiger partial charge in [-0.15, -0.1) is 0 Å². The largest absolute Gasteiger partial charge is 0.462 e. The fourth-order valence-corrected chi connectivity index (χ4v) is 7.85. The van der Waals surface area contributed by atoms with Gasteiger partial charge in [-0.2, -0.15) is 8.42 Å². The SMILES string of the molecule is CCCC/C=C/C/C=C/CCCCCCCC(=O)O[C@H](COC(=O)CCCCCCCCCCC/C=C/CCCCCCCC)CO[C@H]1O[C@H](CS(=O)(=O)O)[C@@H](O)C(O)C1O. The van der Waals surface area contributed by atoms with Crippen LogP contribution in [0.2, 0.25) is 0 Å². The second-order valence-electron chi connectivity index (χ2n) is 16.8. The van der Waals surface area contributed by atoms with Gasteiger partial charge in [0.15, 0.2) is 12.4 Å². The van der Waals surface area contributed by atoms with E-state index in [1.807, 2.05) is 0 Å². The molecule has 4 N–H and O–H groups in total. The number of esters is 2. The van der Waals surface area contributed by atoms with Crippen LogP contribution in [0.3, 0.4) is 0 Å². The molecule has 61 heavy (non-hydrogen) atoms. The molecule has 1 aliphatic heterocycles. The lowest BCUT2D eigenvalue weighted by Gasteiger charge is -2.40. The lowest BCUT2D eigenvalue weighted by atomic mass is 10.00. The molecule has 356 valence electrons. The summed E-state index contributed by atoms with van der Waals surface area (Å²) in [7, 11) is -4.60. The average molecular weight is 887 g/mol. The number of hydrogen-bond acceptors (Lipinski definition) is 11. The first-order valence-electron chi connectivity index (χ1n) is 24.0.